The van der Waals surface area contributed by atoms with Gasteiger partial charge in [0.15, 0.2) is 11.5 Å². The second-order valence-electron chi connectivity index (χ2n) is 5.72. The van der Waals surface area contributed by atoms with Gasteiger partial charge in [0.25, 0.3) is 0 Å². The van der Waals surface area contributed by atoms with E-state index in [2.05, 4.69) is 10.3 Å². The Hall–Kier alpha value is -2.56. The van der Waals surface area contributed by atoms with E-state index in [9.17, 15) is 4.79 Å². The van der Waals surface area contributed by atoms with E-state index >= 15 is 0 Å². The van der Waals surface area contributed by atoms with Crippen LogP contribution in [0.2, 0.25) is 0 Å². The fraction of sp³-hybridized carbons (Fsp3) is 0.333. The van der Waals surface area contributed by atoms with Gasteiger partial charge in [0.1, 0.15) is 0 Å². The number of carbonyl (C=O) groups excluding carboxylic acids is 1. The third-order valence-corrected chi connectivity index (χ3v) is 3.86. The summed E-state index contributed by atoms with van der Waals surface area (Å²) in [5.41, 5.74) is 1.62. The molecule has 5 heteroatoms. The van der Waals surface area contributed by atoms with E-state index in [1.807, 2.05) is 44.2 Å². The highest BCUT2D eigenvalue weighted by Crippen LogP contribution is 2.42. The van der Waals surface area contributed by atoms with Gasteiger partial charge in [-0.3, -0.25) is 9.78 Å². The lowest BCUT2D eigenvalue weighted by Gasteiger charge is -2.20. The van der Waals surface area contributed by atoms with E-state index in [4.69, 9.17) is 9.47 Å². The average Bonchev–Trinajstić information content (AvgIpc) is 2.90. The van der Waals surface area contributed by atoms with Crippen LogP contribution in [0.4, 0.5) is 5.69 Å². The first-order valence-corrected chi connectivity index (χ1v) is 7.80. The predicted molar refractivity (Wildman–Crippen MR) is 87.6 cm³/mol. The van der Waals surface area contributed by atoms with Crippen LogP contribution in [-0.4, -0.2) is 16.7 Å². The van der Waals surface area contributed by atoms with E-state index in [1.54, 1.807) is 12.3 Å². The summed E-state index contributed by atoms with van der Waals surface area (Å²) in [5, 5.41) is 2.88. The third kappa shape index (κ3) is 3.62. The number of aryl methyl sites for hydroxylation is 1. The molecule has 0 spiro atoms. The van der Waals surface area contributed by atoms with Gasteiger partial charge in [0, 0.05) is 43.4 Å². The van der Waals surface area contributed by atoms with Gasteiger partial charge in [-0.2, -0.15) is 0 Å². The van der Waals surface area contributed by atoms with Crippen LogP contribution in [0.1, 0.15) is 32.4 Å². The monoisotopic (exact) mass is 312 g/mol. The smallest absolute Gasteiger partial charge is 0.248 e. The molecule has 120 valence electrons. The second kappa shape index (κ2) is 6.28. The molecule has 1 amide bonds. The van der Waals surface area contributed by atoms with Crippen LogP contribution < -0.4 is 14.8 Å². The Morgan fingerprint density at radius 2 is 2.04 bits per heavy atom. The number of rotatable bonds is 5. The highest BCUT2D eigenvalue weighted by molar-refractivity contribution is 5.91. The fourth-order valence-electron chi connectivity index (χ4n) is 2.39. The van der Waals surface area contributed by atoms with Gasteiger partial charge in [-0.05, 0) is 30.7 Å². The zero-order chi connectivity index (χ0) is 16.3. The summed E-state index contributed by atoms with van der Waals surface area (Å²) in [6, 6.07) is 11.1. The summed E-state index contributed by atoms with van der Waals surface area (Å²) < 4.78 is 11.6. The Bertz CT molecular complexity index is 703. The Labute approximate surface area is 135 Å². The number of fused-ring (bicyclic) bond motifs is 1. The molecule has 23 heavy (non-hydrogen) atoms. The number of nitrogens with zero attached hydrogens (tertiary/aromatic N) is 1. The van der Waals surface area contributed by atoms with Crippen LogP contribution in [0.5, 0.6) is 11.5 Å². The third-order valence-electron chi connectivity index (χ3n) is 3.86. The van der Waals surface area contributed by atoms with E-state index in [0.29, 0.717) is 30.0 Å². The SMILES string of the molecule is CCC1(C)Oc2ccc(NC(=O)CCc3ccccn3)cc2O1. The van der Waals surface area contributed by atoms with Crippen LogP contribution in [-0.2, 0) is 11.2 Å². The van der Waals surface area contributed by atoms with Gasteiger partial charge in [0.05, 0.1) is 0 Å². The number of hydrogen-bond donors (Lipinski definition) is 1. The molecular weight excluding hydrogens is 292 g/mol. The molecule has 2 heterocycles. The number of carbonyl (C=O) groups is 1. The average molecular weight is 312 g/mol. The van der Waals surface area contributed by atoms with Crippen molar-refractivity contribution in [2.75, 3.05) is 5.32 Å². The van der Waals surface area contributed by atoms with Crippen molar-refractivity contribution in [2.24, 2.45) is 0 Å². The molecule has 5 nitrogen and oxygen atoms in total. The molecule has 0 fully saturated rings. The van der Waals surface area contributed by atoms with Crippen molar-refractivity contribution >= 4 is 11.6 Å². The molecule has 0 saturated carbocycles. The Morgan fingerprint density at radius 3 is 2.78 bits per heavy atom. The van der Waals surface area contributed by atoms with Gasteiger partial charge in [-0.15, -0.1) is 0 Å². The van der Waals surface area contributed by atoms with Gasteiger partial charge < -0.3 is 14.8 Å². The normalized spacial score (nSPS) is 18.7. The van der Waals surface area contributed by atoms with Crippen LogP contribution in [0.3, 0.4) is 0 Å². The molecule has 1 aliphatic rings. The molecule has 1 N–H and O–H groups in total. The maximum atomic E-state index is 12.1. The summed E-state index contributed by atoms with van der Waals surface area (Å²) in [6.45, 7) is 3.91. The first-order chi connectivity index (χ1) is 11.1. The Balaban J connectivity index is 1.59. The predicted octanol–water partition coefficient (Wildman–Crippen LogP) is 3.55. The number of benzene rings is 1. The number of hydrogen-bond acceptors (Lipinski definition) is 4. The van der Waals surface area contributed by atoms with Crippen LogP contribution in [0.25, 0.3) is 0 Å². The Kier molecular flexibility index (Phi) is 4.19. The van der Waals surface area contributed by atoms with E-state index in [0.717, 1.165) is 12.1 Å². The number of aromatic nitrogens is 1. The molecule has 2 aromatic rings. The molecule has 1 aromatic heterocycles. The minimum atomic E-state index is -0.621. The first kappa shape index (κ1) is 15.3. The number of amides is 1. The summed E-state index contributed by atoms with van der Waals surface area (Å²) in [4.78, 5) is 16.3. The summed E-state index contributed by atoms with van der Waals surface area (Å²) in [6.07, 6.45) is 3.48. The van der Waals surface area contributed by atoms with Crippen molar-refractivity contribution in [1.82, 2.24) is 4.98 Å². The van der Waals surface area contributed by atoms with Gasteiger partial charge in [0.2, 0.25) is 11.7 Å². The lowest BCUT2D eigenvalue weighted by Crippen LogP contribution is -2.33. The maximum absolute atomic E-state index is 12.1. The standard InChI is InChI=1S/C18H20N2O3/c1-3-18(2)22-15-9-7-14(12-16(15)23-18)20-17(21)10-8-13-6-4-5-11-19-13/h4-7,9,11-12H,3,8,10H2,1-2H3,(H,20,21). The molecule has 1 unspecified atom stereocenters. The minimum Gasteiger partial charge on any atom is -0.449 e. The lowest BCUT2D eigenvalue weighted by atomic mass is 10.2. The maximum Gasteiger partial charge on any atom is 0.248 e. The minimum absolute atomic E-state index is 0.0484. The van der Waals surface area contributed by atoms with Gasteiger partial charge in [-0.1, -0.05) is 13.0 Å². The molecular formula is C18H20N2O3. The van der Waals surface area contributed by atoms with Crippen LogP contribution >= 0.6 is 0 Å². The quantitative estimate of drug-likeness (QED) is 0.917. The fourth-order valence-corrected chi connectivity index (χ4v) is 2.39. The molecule has 0 radical (unpaired) electrons. The molecule has 0 aliphatic carbocycles. The van der Waals surface area contributed by atoms with Crippen molar-refractivity contribution < 1.29 is 14.3 Å². The topological polar surface area (TPSA) is 60.5 Å². The van der Waals surface area contributed by atoms with Crippen LogP contribution in [0, 0.1) is 0 Å². The number of nitrogens with one attached hydrogen (secondary N) is 1. The van der Waals surface area contributed by atoms with E-state index in [-0.39, 0.29) is 5.91 Å². The van der Waals surface area contributed by atoms with Crippen LogP contribution in [0.15, 0.2) is 42.6 Å². The van der Waals surface area contributed by atoms with Crippen molar-refractivity contribution in [2.45, 2.75) is 38.9 Å². The zero-order valence-electron chi connectivity index (χ0n) is 13.3. The highest BCUT2D eigenvalue weighted by Gasteiger charge is 2.34. The zero-order valence-corrected chi connectivity index (χ0v) is 13.3. The van der Waals surface area contributed by atoms with Crippen molar-refractivity contribution in [3.8, 4) is 11.5 Å². The van der Waals surface area contributed by atoms with Crippen molar-refractivity contribution in [3.05, 3.63) is 48.3 Å². The Morgan fingerprint density at radius 1 is 1.22 bits per heavy atom. The molecule has 1 aromatic carbocycles. The van der Waals surface area contributed by atoms with Gasteiger partial charge in [-0.25, -0.2) is 0 Å². The van der Waals surface area contributed by atoms with E-state index in [1.165, 1.54) is 0 Å². The lowest BCUT2D eigenvalue weighted by molar-refractivity contribution is -0.116. The number of anilines is 1. The molecule has 0 bridgehead atoms. The van der Waals surface area contributed by atoms with E-state index < -0.39 is 5.79 Å². The van der Waals surface area contributed by atoms with Crippen molar-refractivity contribution in [3.63, 3.8) is 0 Å². The number of ether oxygens (including phenoxy) is 2. The second-order valence-corrected chi connectivity index (χ2v) is 5.72. The van der Waals surface area contributed by atoms with Gasteiger partial charge >= 0.3 is 0 Å². The molecule has 3 rings (SSSR count). The number of pyridine rings is 1. The highest BCUT2D eigenvalue weighted by atomic mass is 16.7. The summed E-state index contributed by atoms with van der Waals surface area (Å²) >= 11 is 0. The molecule has 0 saturated heterocycles. The first-order valence-electron chi connectivity index (χ1n) is 7.80. The largest absolute Gasteiger partial charge is 0.449 e. The summed E-state index contributed by atoms with van der Waals surface area (Å²) in [5.74, 6) is 0.703. The van der Waals surface area contributed by atoms with Crippen molar-refractivity contribution in [1.29, 1.82) is 0 Å². The molecule has 1 aliphatic heterocycles. The summed E-state index contributed by atoms with van der Waals surface area (Å²) in [7, 11) is 0. The molecule has 1 atom stereocenters.